The average molecular weight is 403 g/mol. The number of nitrogens with one attached hydrogen (secondary N) is 3. The summed E-state index contributed by atoms with van der Waals surface area (Å²) in [6.07, 6.45) is 0. The molecule has 0 bridgehead atoms. The molecule has 1 amide bonds. The van der Waals surface area contributed by atoms with Gasteiger partial charge in [-0.2, -0.15) is 0 Å². The number of hydrazine groups is 1. The maximum atomic E-state index is 12.9. The average Bonchev–Trinajstić information content (AvgIpc) is 3.19. The number of ether oxygens (including phenoxy) is 1. The van der Waals surface area contributed by atoms with Crippen LogP contribution in [-0.4, -0.2) is 45.1 Å². The van der Waals surface area contributed by atoms with Crippen molar-refractivity contribution in [3.05, 3.63) is 64.7 Å². The molecule has 1 aliphatic heterocycles. The lowest BCUT2D eigenvalue weighted by Gasteiger charge is -2.26. The van der Waals surface area contributed by atoms with Gasteiger partial charge in [0.2, 0.25) is 5.91 Å². The number of hydrogen-bond donors (Lipinski definition) is 3. The van der Waals surface area contributed by atoms with E-state index >= 15 is 0 Å². The summed E-state index contributed by atoms with van der Waals surface area (Å²) in [5.74, 6) is 0.650. The summed E-state index contributed by atoms with van der Waals surface area (Å²) in [6.45, 7) is 1.11. The molecule has 0 saturated carbocycles. The van der Waals surface area contributed by atoms with Crippen molar-refractivity contribution in [1.29, 1.82) is 0 Å². The lowest BCUT2D eigenvalue weighted by molar-refractivity contribution is -0.125. The summed E-state index contributed by atoms with van der Waals surface area (Å²) < 4.78 is 5.23. The number of halogens is 1. The number of rotatable bonds is 7. The first-order valence-electron chi connectivity index (χ1n) is 9.31. The Balaban J connectivity index is 1.65. The molecule has 150 valence electrons. The fourth-order valence-corrected chi connectivity index (χ4v) is 3.61. The molecule has 7 heteroatoms. The van der Waals surface area contributed by atoms with Gasteiger partial charge in [-0.3, -0.25) is 10.2 Å². The highest BCUT2D eigenvalue weighted by Gasteiger charge is 2.34. The molecule has 0 aromatic heterocycles. The van der Waals surface area contributed by atoms with Crippen molar-refractivity contribution in [3.63, 3.8) is 0 Å². The molecule has 3 rings (SSSR count). The molecule has 0 radical (unpaired) electrons. The van der Waals surface area contributed by atoms with Crippen LogP contribution < -0.4 is 20.9 Å². The number of hydrogen-bond acceptors (Lipinski definition) is 5. The second kappa shape index (κ2) is 9.39. The summed E-state index contributed by atoms with van der Waals surface area (Å²) in [6, 6.07) is 15.5. The van der Waals surface area contributed by atoms with Crippen LogP contribution in [-0.2, 0) is 4.79 Å². The lowest BCUT2D eigenvalue weighted by atomic mass is 9.94. The van der Waals surface area contributed by atoms with Crippen LogP contribution in [0.3, 0.4) is 0 Å². The molecule has 1 aliphatic rings. The van der Waals surface area contributed by atoms with Crippen molar-refractivity contribution in [2.75, 3.05) is 34.3 Å². The third-order valence-electron chi connectivity index (χ3n) is 5.14. The van der Waals surface area contributed by atoms with Gasteiger partial charge in [-0.15, -0.1) is 0 Å². The molecule has 1 fully saturated rings. The number of nitrogens with zero attached hydrogens (tertiary/aromatic N) is 1. The van der Waals surface area contributed by atoms with Gasteiger partial charge in [0, 0.05) is 18.1 Å². The van der Waals surface area contributed by atoms with Crippen molar-refractivity contribution < 1.29 is 9.53 Å². The number of methoxy groups -OCH3 is 1. The van der Waals surface area contributed by atoms with Crippen molar-refractivity contribution in [1.82, 2.24) is 21.1 Å². The van der Waals surface area contributed by atoms with Crippen LogP contribution in [0.15, 0.2) is 48.5 Å². The number of likely N-dealkylation sites (N-methyl/N-ethyl adjacent to an activating group) is 1. The minimum absolute atomic E-state index is 0.0258. The molecule has 0 spiro atoms. The van der Waals surface area contributed by atoms with Crippen molar-refractivity contribution in [2.24, 2.45) is 5.92 Å². The molecule has 3 atom stereocenters. The molecule has 3 unspecified atom stereocenters. The minimum Gasteiger partial charge on any atom is -0.497 e. The maximum Gasteiger partial charge on any atom is 0.226 e. The topological polar surface area (TPSA) is 65.6 Å². The van der Waals surface area contributed by atoms with Crippen molar-refractivity contribution >= 4 is 17.5 Å². The van der Waals surface area contributed by atoms with Crippen LogP contribution in [0.1, 0.15) is 23.2 Å². The Morgan fingerprint density at radius 2 is 1.89 bits per heavy atom. The summed E-state index contributed by atoms with van der Waals surface area (Å²) in [4.78, 5) is 15.0. The van der Waals surface area contributed by atoms with Gasteiger partial charge in [0.25, 0.3) is 0 Å². The van der Waals surface area contributed by atoms with Gasteiger partial charge in [0.1, 0.15) is 5.75 Å². The van der Waals surface area contributed by atoms with Crippen LogP contribution >= 0.6 is 11.6 Å². The van der Waals surface area contributed by atoms with Crippen LogP contribution in [0.25, 0.3) is 0 Å². The quantitative estimate of drug-likeness (QED) is 0.664. The Labute approximate surface area is 171 Å². The molecule has 0 aliphatic carbocycles. The second-order valence-electron chi connectivity index (χ2n) is 7.16. The van der Waals surface area contributed by atoms with Gasteiger partial charge in [-0.25, -0.2) is 5.43 Å². The van der Waals surface area contributed by atoms with E-state index in [0.29, 0.717) is 18.1 Å². The summed E-state index contributed by atoms with van der Waals surface area (Å²) in [7, 11) is 5.67. The predicted octanol–water partition coefficient (Wildman–Crippen LogP) is 2.53. The van der Waals surface area contributed by atoms with Crippen LogP contribution in [0.5, 0.6) is 5.75 Å². The molecule has 1 saturated heterocycles. The molecule has 3 N–H and O–H groups in total. The van der Waals surface area contributed by atoms with Gasteiger partial charge < -0.3 is 15.0 Å². The normalized spacial score (nSPS) is 20.2. The SMILES string of the molecule is COc1ccc(C(CNC(=O)C2CNNC2c2ccc(Cl)cc2)N(C)C)cc1. The summed E-state index contributed by atoms with van der Waals surface area (Å²) in [5, 5.41) is 3.81. The van der Waals surface area contributed by atoms with E-state index in [9.17, 15) is 4.79 Å². The molecule has 2 aromatic rings. The third kappa shape index (κ3) is 4.83. The number of amides is 1. The van der Waals surface area contributed by atoms with E-state index in [1.807, 2.05) is 62.6 Å². The zero-order chi connectivity index (χ0) is 20.1. The molecular weight excluding hydrogens is 376 g/mol. The van der Waals surface area contributed by atoms with E-state index in [-0.39, 0.29) is 23.9 Å². The largest absolute Gasteiger partial charge is 0.497 e. The highest BCUT2D eigenvalue weighted by Crippen LogP contribution is 2.27. The molecule has 28 heavy (non-hydrogen) atoms. The fraction of sp³-hybridized carbons (Fsp3) is 0.381. The highest BCUT2D eigenvalue weighted by molar-refractivity contribution is 6.30. The van der Waals surface area contributed by atoms with E-state index < -0.39 is 0 Å². The van der Waals surface area contributed by atoms with Gasteiger partial charge in [0.05, 0.1) is 25.1 Å². The van der Waals surface area contributed by atoms with Crippen LogP contribution in [0.4, 0.5) is 0 Å². The Morgan fingerprint density at radius 1 is 1.21 bits per heavy atom. The number of carbonyl (C=O) groups is 1. The molecule has 1 heterocycles. The van der Waals surface area contributed by atoms with E-state index in [1.54, 1.807) is 7.11 Å². The summed E-state index contributed by atoms with van der Waals surface area (Å²) in [5.41, 5.74) is 8.47. The van der Waals surface area contributed by atoms with E-state index in [0.717, 1.165) is 16.9 Å². The van der Waals surface area contributed by atoms with Gasteiger partial charge >= 0.3 is 0 Å². The molecule has 2 aromatic carbocycles. The Bertz CT molecular complexity index is 780. The molecular formula is C21H27ClN4O2. The van der Waals surface area contributed by atoms with Gasteiger partial charge in [-0.05, 0) is 49.5 Å². The monoisotopic (exact) mass is 402 g/mol. The van der Waals surface area contributed by atoms with E-state index in [1.165, 1.54) is 0 Å². The van der Waals surface area contributed by atoms with Crippen LogP contribution in [0, 0.1) is 5.92 Å². The first-order chi connectivity index (χ1) is 13.5. The van der Waals surface area contributed by atoms with Gasteiger partial charge in [0.15, 0.2) is 0 Å². The maximum absolute atomic E-state index is 12.9. The predicted molar refractivity (Wildman–Crippen MR) is 111 cm³/mol. The smallest absolute Gasteiger partial charge is 0.226 e. The van der Waals surface area contributed by atoms with E-state index in [2.05, 4.69) is 21.1 Å². The summed E-state index contributed by atoms with van der Waals surface area (Å²) >= 11 is 5.98. The Morgan fingerprint density at radius 3 is 2.50 bits per heavy atom. The van der Waals surface area contributed by atoms with Crippen molar-refractivity contribution in [2.45, 2.75) is 12.1 Å². The van der Waals surface area contributed by atoms with Gasteiger partial charge in [-0.1, -0.05) is 35.9 Å². The first kappa shape index (κ1) is 20.6. The Hall–Kier alpha value is -2.12. The number of benzene rings is 2. The zero-order valence-corrected chi connectivity index (χ0v) is 17.2. The molecule has 6 nitrogen and oxygen atoms in total. The first-order valence-corrected chi connectivity index (χ1v) is 9.69. The minimum atomic E-state index is -0.195. The Kier molecular flexibility index (Phi) is 6.91. The standard InChI is InChI=1S/C21H27ClN4O2/c1-26(2)19(14-6-10-17(28-3)11-7-14)13-23-21(27)18-12-24-25-20(18)15-4-8-16(22)9-5-15/h4-11,18-20,24-25H,12-13H2,1-3H3,(H,23,27). The highest BCUT2D eigenvalue weighted by atomic mass is 35.5. The van der Waals surface area contributed by atoms with E-state index in [4.69, 9.17) is 16.3 Å². The number of carbonyl (C=O) groups excluding carboxylic acids is 1. The third-order valence-corrected chi connectivity index (χ3v) is 5.39. The zero-order valence-electron chi connectivity index (χ0n) is 16.4. The van der Waals surface area contributed by atoms with Crippen molar-refractivity contribution in [3.8, 4) is 5.75 Å². The lowest BCUT2D eigenvalue weighted by Crippen LogP contribution is -2.40. The van der Waals surface area contributed by atoms with Crippen LogP contribution in [0.2, 0.25) is 5.02 Å². The fourth-order valence-electron chi connectivity index (χ4n) is 3.48. The second-order valence-corrected chi connectivity index (χ2v) is 7.60.